The van der Waals surface area contributed by atoms with Gasteiger partial charge in [-0.05, 0) is 25.3 Å². The summed E-state index contributed by atoms with van der Waals surface area (Å²) in [6, 6.07) is 1.94. The minimum absolute atomic E-state index is 0.0586. The normalized spacial score (nSPS) is 19.5. The summed E-state index contributed by atoms with van der Waals surface area (Å²) in [5.41, 5.74) is 6.40. The fourth-order valence-electron chi connectivity index (χ4n) is 2.57. The van der Waals surface area contributed by atoms with Gasteiger partial charge in [0.05, 0.1) is 5.02 Å². The topological polar surface area (TPSA) is 51.3 Å². The van der Waals surface area contributed by atoms with Crippen LogP contribution in [0.4, 0.5) is 0 Å². The van der Waals surface area contributed by atoms with Crippen LogP contribution < -0.4 is 5.73 Å². The second-order valence-corrected chi connectivity index (χ2v) is 5.20. The number of halogens is 1. The number of rotatable bonds is 4. The van der Waals surface area contributed by atoms with Crippen molar-refractivity contribution in [2.45, 2.75) is 38.8 Å². The average molecular weight is 270 g/mol. The van der Waals surface area contributed by atoms with E-state index >= 15 is 0 Å². The lowest BCUT2D eigenvalue weighted by atomic mass is 10.2. The number of carbonyl (C=O) groups is 1. The number of aromatic nitrogens is 1. The summed E-state index contributed by atoms with van der Waals surface area (Å²) in [4.78, 5) is 14.4. The Balaban J connectivity index is 2.22. The van der Waals surface area contributed by atoms with Crippen LogP contribution in [0.3, 0.4) is 0 Å². The number of likely N-dealkylation sites (tertiary alicyclic amines) is 1. The predicted molar refractivity (Wildman–Crippen MR) is 72.8 cm³/mol. The molecule has 1 fully saturated rings. The number of carbonyl (C=O) groups excluding carboxylic acids is 1. The summed E-state index contributed by atoms with van der Waals surface area (Å²) in [6.07, 6.45) is 4.84. The van der Waals surface area contributed by atoms with Crippen LogP contribution in [0.1, 0.15) is 36.7 Å². The molecule has 1 aliphatic rings. The number of nitrogens with two attached hydrogens (primary N) is 1. The first-order valence-corrected chi connectivity index (χ1v) is 6.92. The van der Waals surface area contributed by atoms with E-state index in [-0.39, 0.29) is 11.9 Å². The molecule has 2 rings (SSSR count). The lowest BCUT2D eigenvalue weighted by molar-refractivity contribution is 0.0730. The highest BCUT2D eigenvalue weighted by Crippen LogP contribution is 2.22. The van der Waals surface area contributed by atoms with Gasteiger partial charge in [-0.3, -0.25) is 4.79 Å². The highest BCUT2D eigenvalue weighted by Gasteiger charge is 2.29. The van der Waals surface area contributed by atoms with Crippen molar-refractivity contribution in [3.8, 4) is 0 Å². The quantitative estimate of drug-likeness (QED) is 0.910. The zero-order chi connectivity index (χ0) is 13.1. The van der Waals surface area contributed by atoms with Gasteiger partial charge in [0.15, 0.2) is 0 Å². The molecule has 1 atom stereocenters. The second-order valence-electron chi connectivity index (χ2n) is 4.77. The second kappa shape index (κ2) is 5.76. The Morgan fingerprint density at radius 3 is 3.06 bits per heavy atom. The van der Waals surface area contributed by atoms with Gasteiger partial charge in [-0.2, -0.15) is 0 Å². The Labute approximate surface area is 113 Å². The molecule has 1 aromatic rings. The zero-order valence-electron chi connectivity index (χ0n) is 10.7. The van der Waals surface area contributed by atoms with E-state index < -0.39 is 0 Å². The van der Waals surface area contributed by atoms with Crippen LogP contribution in [0.25, 0.3) is 0 Å². The Morgan fingerprint density at radius 1 is 1.61 bits per heavy atom. The third-order valence-corrected chi connectivity index (χ3v) is 3.66. The third-order valence-electron chi connectivity index (χ3n) is 3.46. The van der Waals surface area contributed by atoms with Gasteiger partial charge in [-0.1, -0.05) is 18.5 Å². The molecule has 0 saturated carbocycles. The third kappa shape index (κ3) is 2.54. The van der Waals surface area contributed by atoms with Crippen molar-refractivity contribution in [3.63, 3.8) is 0 Å². The van der Waals surface area contributed by atoms with Crippen LogP contribution >= 0.6 is 11.6 Å². The van der Waals surface area contributed by atoms with Gasteiger partial charge >= 0.3 is 0 Å². The molecular weight excluding hydrogens is 250 g/mol. The number of hydrogen-bond donors (Lipinski definition) is 1. The Kier molecular flexibility index (Phi) is 4.30. The molecule has 1 amide bonds. The fraction of sp³-hybridized carbons (Fsp3) is 0.615. The summed E-state index contributed by atoms with van der Waals surface area (Å²) in [6.45, 7) is 4.24. The van der Waals surface area contributed by atoms with E-state index in [9.17, 15) is 4.79 Å². The van der Waals surface area contributed by atoms with Gasteiger partial charge in [-0.15, -0.1) is 0 Å². The monoisotopic (exact) mass is 269 g/mol. The molecule has 2 N–H and O–H groups in total. The van der Waals surface area contributed by atoms with E-state index in [1.54, 1.807) is 6.07 Å². The van der Waals surface area contributed by atoms with Crippen LogP contribution in [0, 0.1) is 0 Å². The maximum absolute atomic E-state index is 12.5. The first-order valence-electron chi connectivity index (χ1n) is 6.54. The number of aryl methyl sites for hydroxylation is 1. The van der Waals surface area contributed by atoms with E-state index in [0.29, 0.717) is 17.3 Å². The SMILES string of the molecule is CCCn1cc(Cl)cc1C(=O)N1CCCC1CN. The van der Waals surface area contributed by atoms with E-state index in [2.05, 4.69) is 6.92 Å². The van der Waals surface area contributed by atoms with Crippen LogP contribution in [-0.2, 0) is 6.54 Å². The van der Waals surface area contributed by atoms with Crippen molar-refractivity contribution in [3.05, 3.63) is 23.0 Å². The van der Waals surface area contributed by atoms with Crippen molar-refractivity contribution in [1.82, 2.24) is 9.47 Å². The lowest BCUT2D eigenvalue weighted by Crippen LogP contribution is -2.40. The van der Waals surface area contributed by atoms with Crippen LogP contribution in [0.15, 0.2) is 12.3 Å². The molecule has 1 aromatic heterocycles. The van der Waals surface area contributed by atoms with Crippen molar-refractivity contribution in [1.29, 1.82) is 0 Å². The van der Waals surface area contributed by atoms with Crippen LogP contribution in [0.2, 0.25) is 5.02 Å². The van der Waals surface area contributed by atoms with E-state index in [0.717, 1.165) is 32.4 Å². The first-order chi connectivity index (χ1) is 8.67. The van der Waals surface area contributed by atoms with E-state index in [1.807, 2.05) is 15.7 Å². The maximum atomic E-state index is 12.5. The van der Waals surface area contributed by atoms with E-state index in [1.165, 1.54) is 0 Å². The molecule has 0 radical (unpaired) electrons. The predicted octanol–water partition coefficient (Wildman–Crippen LogP) is 2.11. The van der Waals surface area contributed by atoms with Gasteiger partial charge in [0, 0.05) is 31.9 Å². The molecule has 0 aliphatic carbocycles. The number of hydrogen-bond acceptors (Lipinski definition) is 2. The number of amides is 1. The standard InChI is InChI=1S/C13H20ClN3O/c1-2-5-16-9-10(14)7-12(16)13(18)17-6-3-4-11(17)8-15/h7,9,11H,2-6,8,15H2,1H3. The highest BCUT2D eigenvalue weighted by molar-refractivity contribution is 6.31. The van der Waals surface area contributed by atoms with Gasteiger partial charge in [0.2, 0.25) is 0 Å². The molecule has 100 valence electrons. The highest BCUT2D eigenvalue weighted by atomic mass is 35.5. The van der Waals surface area contributed by atoms with Crippen LogP contribution in [0.5, 0.6) is 0 Å². The van der Waals surface area contributed by atoms with Crippen molar-refractivity contribution in [2.75, 3.05) is 13.1 Å². The smallest absolute Gasteiger partial charge is 0.270 e. The van der Waals surface area contributed by atoms with Gasteiger partial charge in [0.25, 0.3) is 5.91 Å². The zero-order valence-corrected chi connectivity index (χ0v) is 11.5. The summed E-state index contributed by atoms with van der Waals surface area (Å²) < 4.78 is 1.94. The Morgan fingerprint density at radius 2 is 2.39 bits per heavy atom. The van der Waals surface area contributed by atoms with Gasteiger partial charge in [-0.25, -0.2) is 0 Å². The average Bonchev–Trinajstić information content (AvgIpc) is 2.95. The molecule has 0 bridgehead atoms. The van der Waals surface area contributed by atoms with Crippen LogP contribution in [-0.4, -0.2) is 34.5 Å². The summed E-state index contributed by atoms with van der Waals surface area (Å²) in [5, 5.41) is 0.621. The molecule has 1 unspecified atom stereocenters. The summed E-state index contributed by atoms with van der Waals surface area (Å²) in [5.74, 6) is 0.0586. The molecular formula is C13H20ClN3O. The van der Waals surface area contributed by atoms with E-state index in [4.69, 9.17) is 17.3 Å². The molecule has 0 spiro atoms. The Hall–Kier alpha value is -1.00. The number of nitrogens with zero attached hydrogens (tertiary/aromatic N) is 2. The molecule has 18 heavy (non-hydrogen) atoms. The fourth-order valence-corrected chi connectivity index (χ4v) is 2.80. The molecule has 5 heteroatoms. The van der Waals surface area contributed by atoms with Crippen molar-refractivity contribution >= 4 is 17.5 Å². The first kappa shape index (κ1) is 13.4. The molecule has 1 saturated heterocycles. The van der Waals surface area contributed by atoms with Crippen molar-refractivity contribution in [2.24, 2.45) is 5.73 Å². The molecule has 4 nitrogen and oxygen atoms in total. The van der Waals surface area contributed by atoms with Crippen molar-refractivity contribution < 1.29 is 4.79 Å². The molecule has 2 heterocycles. The molecule has 0 aromatic carbocycles. The molecule has 1 aliphatic heterocycles. The van der Waals surface area contributed by atoms with Gasteiger partial charge < -0.3 is 15.2 Å². The minimum atomic E-state index is 0.0586. The maximum Gasteiger partial charge on any atom is 0.270 e. The lowest BCUT2D eigenvalue weighted by Gasteiger charge is -2.24. The summed E-state index contributed by atoms with van der Waals surface area (Å²) >= 11 is 6.01. The largest absolute Gasteiger partial charge is 0.342 e. The Bertz CT molecular complexity index is 430. The van der Waals surface area contributed by atoms with Gasteiger partial charge in [0.1, 0.15) is 5.69 Å². The minimum Gasteiger partial charge on any atom is -0.342 e. The summed E-state index contributed by atoms with van der Waals surface area (Å²) in [7, 11) is 0.